The maximum atomic E-state index is 12.1. The van der Waals surface area contributed by atoms with Crippen molar-refractivity contribution in [3.05, 3.63) is 36.5 Å². The van der Waals surface area contributed by atoms with Crippen LogP contribution in [0.25, 0.3) is 10.9 Å². The van der Waals surface area contributed by atoms with Crippen molar-refractivity contribution < 1.29 is 4.79 Å². The molecule has 0 bridgehead atoms. The van der Waals surface area contributed by atoms with Crippen LogP contribution in [0.1, 0.15) is 26.7 Å². The Morgan fingerprint density at radius 2 is 1.96 bits per heavy atom. The molecule has 0 spiro atoms. The molecule has 2 heterocycles. The van der Waals surface area contributed by atoms with Crippen LogP contribution in [0.4, 0.5) is 0 Å². The topological polar surface area (TPSA) is 49.6 Å². The van der Waals surface area contributed by atoms with E-state index in [-0.39, 0.29) is 5.91 Å². The molecular formula is C18H24N4O. The van der Waals surface area contributed by atoms with Gasteiger partial charge in [0, 0.05) is 49.4 Å². The number of nitrogens with zero attached hydrogens (tertiary/aromatic N) is 3. The smallest absolute Gasteiger partial charge is 0.259 e. The van der Waals surface area contributed by atoms with Crippen LogP contribution < -0.4 is 5.43 Å². The minimum atomic E-state index is -0.0786. The van der Waals surface area contributed by atoms with Crippen molar-refractivity contribution in [2.45, 2.75) is 39.3 Å². The second-order valence-electron chi connectivity index (χ2n) is 6.35. The minimum Gasteiger partial charge on any atom is -0.338 e. The molecule has 0 atom stereocenters. The molecule has 0 aliphatic carbocycles. The number of hydrogen-bond acceptors (Lipinski definition) is 3. The Kier molecular flexibility index (Phi) is 4.76. The SMILES string of the molecule is CC(C)N1CCC(=NNC(=O)Cn2ccc3ccccc32)CC1. The van der Waals surface area contributed by atoms with Crippen molar-refractivity contribution in [3.8, 4) is 0 Å². The van der Waals surface area contributed by atoms with Gasteiger partial charge in [-0.05, 0) is 31.4 Å². The summed E-state index contributed by atoms with van der Waals surface area (Å²) in [4.78, 5) is 14.6. The van der Waals surface area contributed by atoms with Gasteiger partial charge in [0.05, 0.1) is 0 Å². The van der Waals surface area contributed by atoms with Crippen molar-refractivity contribution >= 4 is 22.5 Å². The van der Waals surface area contributed by atoms with E-state index in [1.54, 1.807) is 0 Å². The fraction of sp³-hybridized carbons (Fsp3) is 0.444. The Morgan fingerprint density at radius 3 is 2.70 bits per heavy atom. The summed E-state index contributed by atoms with van der Waals surface area (Å²) in [6.45, 7) is 6.77. The Hall–Kier alpha value is -2.14. The zero-order chi connectivity index (χ0) is 16.2. The number of carbonyl (C=O) groups excluding carboxylic acids is 1. The normalized spacial score (nSPS) is 16.0. The predicted octanol–water partition coefficient (Wildman–Crippen LogP) is 2.62. The molecule has 1 amide bonds. The molecule has 1 aromatic heterocycles. The summed E-state index contributed by atoms with van der Waals surface area (Å²) in [5, 5.41) is 5.46. The summed E-state index contributed by atoms with van der Waals surface area (Å²) in [6, 6.07) is 10.7. The monoisotopic (exact) mass is 312 g/mol. The van der Waals surface area contributed by atoms with Gasteiger partial charge >= 0.3 is 0 Å². The maximum Gasteiger partial charge on any atom is 0.259 e. The highest BCUT2D eigenvalue weighted by atomic mass is 16.2. The number of piperidine rings is 1. The van der Waals surface area contributed by atoms with Gasteiger partial charge in [-0.2, -0.15) is 5.10 Å². The van der Waals surface area contributed by atoms with Crippen molar-refractivity contribution in [2.75, 3.05) is 13.1 Å². The maximum absolute atomic E-state index is 12.1. The molecule has 0 radical (unpaired) electrons. The molecule has 1 aromatic carbocycles. The molecule has 2 aromatic rings. The Balaban J connectivity index is 1.55. The first-order valence-electron chi connectivity index (χ1n) is 8.25. The summed E-state index contributed by atoms with van der Waals surface area (Å²) >= 11 is 0. The average molecular weight is 312 g/mol. The third kappa shape index (κ3) is 3.79. The Bertz CT molecular complexity index is 707. The third-order valence-corrected chi connectivity index (χ3v) is 4.44. The van der Waals surface area contributed by atoms with Crippen LogP contribution in [0.5, 0.6) is 0 Å². The lowest BCUT2D eigenvalue weighted by molar-refractivity contribution is -0.121. The number of aromatic nitrogens is 1. The van der Waals surface area contributed by atoms with E-state index >= 15 is 0 Å². The van der Waals surface area contributed by atoms with Gasteiger partial charge in [0.2, 0.25) is 0 Å². The lowest BCUT2D eigenvalue weighted by Crippen LogP contribution is -2.39. The minimum absolute atomic E-state index is 0.0786. The van der Waals surface area contributed by atoms with E-state index in [4.69, 9.17) is 0 Å². The predicted molar refractivity (Wildman–Crippen MR) is 93.5 cm³/mol. The van der Waals surface area contributed by atoms with Crippen LogP contribution in [0.15, 0.2) is 41.6 Å². The first-order valence-corrected chi connectivity index (χ1v) is 8.25. The molecule has 3 rings (SSSR count). The average Bonchev–Trinajstić information content (AvgIpc) is 2.96. The lowest BCUT2D eigenvalue weighted by Gasteiger charge is -2.30. The van der Waals surface area contributed by atoms with Gasteiger partial charge in [-0.1, -0.05) is 18.2 Å². The number of hydrogen-bond donors (Lipinski definition) is 1. The molecule has 1 N–H and O–H groups in total. The largest absolute Gasteiger partial charge is 0.338 e. The molecular weight excluding hydrogens is 288 g/mol. The van der Waals surface area contributed by atoms with Crippen LogP contribution in [0.3, 0.4) is 0 Å². The lowest BCUT2D eigenvalue weighted by atomic mass is 10.1. The molecule has 0 unspecified atom stereocenters. The molecule has 1 aliphatic rings. The highest BCUT2D eigenvalue weighted by Gasteiger charge is 2.17. The van der Waals surface area contributed by atoms with Gasteiger partial charge < -0.3 is 9.47 Å². The van der Waals surface area contributed by atoms with E-state index in [0.717, 1.165) is 42.5 Å². The molecule has 1 aliphatic heterocycles. The number of amides is 1. The van der Waals surface area contributed by atoms with Crippen LogP contribution in [0, 0.1) is 0 Å². The molecule has 23 heavy (non-hydrogen) atoms. The number of hydrazone groups is 1. The number of fused-ring (bicyclic) bond motifs is 1. The third-order valence-electron chi connectivity index (χ3n) is 4.44. The van der Waals surface area contributed by atoms with Gasteiger partial charge in [-0.3, -0.25) is 4.79 Å². The van der Waals surface area contributed by atoms with E-state index in [2.05, 4.69) is 29.3 Å². The van der Waals surface area contributed by atoms with Gasteiger partial charge in [0.25, 0.3) is 5.91 Å². The van der Waals surface area contributed by atoms with E-state index in [1.807, 2.05) is 41.1 Å². The van der Waals surface area contributed by atoms with Crippen molar-refractivity contribution in [2.24, 2.45) is 5.10 Å². The molecule has 0 saturated carbocycles. The van der Waals surface area contributed by atoms with Crippen molar-refractivity contribution in [3.63, 3.8) is 0 Å². The Morgan fingerprint density at radius 1 is 1.22 bits per heavy atom. The van der Waals surface area contributed by atoms with E-state index in [9.17, 15) is 4.79 Å². The molecule has 5 nitrogen and oxygen atoms in total. The standard InChI is InChI=1S/C18H24N4O/c1-14(2)21-11-8-16(9-12-21)19-20-18(23)13-22-10-7-15-5-3-4-6-17(15)22/h3-7,10,14H,8-9,11-13H2,1-2H3,(H,20,23). The summed E-state index contributed by atoms with van der Waals surface area (Å²) in [7, 11) is 0. The zero-order valence-electron chi connectivity index (χ0n) is 13.8. The zero-order valence-corrected chi connectivity index (χ0v) is 13.8. The molecule has 5 heteroatoms. The van der Waals surface area contributed by atoms with Crippen LogP contribution in [-0.4, -0.2) is 40.2 Å². The van der Waals surface area contributed by atoms with Crippen molar-refractivity contribution in [1.29, 1.82) is 0 Å². The first kappa shape index (κ1) is 15.7. The highest BCUT2D eigenvalue weighted by molar-refractivity contribution is 5.87. The van der Waals surface area contributed by atoms with Gasteiger partial charge in [0.15, 0.2) is 0 Å². The second-order valence-corrected chi connectivity index (χ2v) is 6.35. The number of likely N-dealkylation sites (tertiary alicyclic amines) is 1. The van der Waals surface area contributed by atoms with E-state index in [1.165, 1.54) is 0 Å². The number of para-hydroxylation sites is 1. The number of benzene rings is 1. The number of nitrogens with one attached hydrogen (secondary N) is 1. The summed E-state index contributed by atoms with van der Waals surface area (Å²) in [5.74, 6) is -0.0786. The van der Waals surface area contributed by atoms with Crippen molar-refractivity contribution in [1.82, 2.24) is 14.9 Å². The first-order chi connectivity index (χ1) is 11.1. The van der Waals surface area contributed by atoms with Gasteiger partial charge in [-0.15, -0.1) is 0 Å². The number of carbonyl (C=O) groups is 1. The summed E-state index contributed by atoms with van der Waals surface area (Å²) < 4.78 is 1.95. The van der Waals surface area contributed by atoms with Crippen LogP contribution in [-0.2, 0) is 11.3 Å². The summed E-state index contributed by atoms with van der Waals surface area (Å²) in [6.07, 6.45) is 3.81. The molecule has 122 valence electrons. The van der Waals surface area contributed by atoms with Crippen LogP contribution in [0.2, 0.25) is 0 Å². The van der Waals surface area contributed by atoms with Gasteiger partial charge in [-0.25, -0.2) is 5.43 Å². The highest BCUT2D eigenvalue weighted by Crippen LogP contribution is 2.14. The summed E-state index contributed by atoms with van der Waals surface area (Å²) in [5.41, 5.74) is 4.87. The van der Waals surface area contributed by atoms with Crippen LogP contribution >= 0.6 is 0 Å². The second kappa shape index (κ2) is 6.96. The quantitative estimate of drug-likeness (QED) is 0.882. The van der Waals surface area contributed by atoms with E-state index in [0.29, 0.717) is 12.6 Å². The molecule has 1 saturated heterocycles. The van der Waals surface area contributed by atoms with Gasteiger partial charge in [0.1, 0.15) is 6.54 Å². The fourth-order valence-corrected chi connectivity index (χ4v) is 3.02. The molecule has 1 fully saturated rings. The fourth-order valence-electron chi connectivity index (χ4n) is 3.02. The van der Waals surface area contributed by atoms with E-state index < -0.39 is 0 Å². The number of rotatable bonds is 4. The Labute approximate surface area is 137 Å².